The van der Waals surface area contributed by atoms with Gasteiger partial charge in [0.15, 0.2) is 11.5 Å². The van der Waals surface area contributed by atoms with Crippen LogP contribution in [0.3, 0.4) is 0 Å². The summed E-state index contributed by atoms with van der Waals surface area (Å²) in [6.45, 7) is 4.84. The fourth-order valence-electron chi connectivity index (χ4n) is 2.39. The monoisotopic (exact) mass is 363 g/mol. The van der Waals surface area contributed by atoms with E-state index in [9.17, 15) is 4.39 Å². The van der Waals surface area contributed by atoms with E-state index in [1.54, 1.807) is 24.3 Å². The highest BCUT2D eigenvalue weighted by Crippen LogP contribution is 2.35. The van der Waals surface area contributed by atoms with Crippen LogP contribution in [0.25, 0.3) is 10.9 Å². The number of ether oxygens (including phenoxy) is 2. The number of aromatic nitrogens is 2. The number of fused-ring (bicyclic) bond motifs is 1. The van der Waals surface area contributed by atoms with Crippen molar-refractivity contribution in [2.24, 2.45) is 0 Å². The fourth-order valence-corrected chi connectivity index (χ4v) is 2.39. The van der Waals surface area contributed by atoms with Gasteiger partial charge < -0.3 is 14.8 Å². The quantitative estimate of drug-likeness (QED) is 0.686. The van der Waals surface area contributed by atoms with Gasteiger partial charge in [0, 0.05) is 11.5 Å². The summed E-state index contributed by atoms with van der Waals surface area (Å²) >= 11 is 0. The minimum Gasteiger partial charge on any atom is -0.490 e. The van der Waals surface area contributed by atoms with Crippen molar-refractivity contribution in [2.75, 3.05) is 18.5 Å². The lowest BCUT2D eigenvalue weighted by molar-refractivity contribution is 0.288. The molecule has 0 fully saturated rings. The zero-order chi connectivity index (χ0) is 16.9. The van der Waals surface area contributed by atoms with Crippen LogP contribution in [0.2, 0.25) is 0 Å². The van der Waals surface area contributed by atoms with Crippen molar-refractivity contribution in [3.8, 4) is 11.5 Å². The molecule has 0 spiro atoms. The summed E-state index contributed by atoms with van der Waals surface area (Å²) < 4.78 is 25.1. The average Bonchev–Trinajstić information content (AvgIpc) is 2.58. The third kappa shape index (κ3) is 4.09. The molecule has 0 aliphatic rings. The van der Waals surface area contributed by atoms with Crippen molar-refractivity contribution in [2.45, 2.75) is 13.8 Å². The summed E-state index contributed by atoms with van der Waals surface area (Å²) in [5.41, 5.74) is 1.04. The van der Waals surface area contributed by atoms with Crippen LogP contribution in [-0.4, -0.2) is 23.2 Å². The molecular weight excluding hydrogens is 345 g/mol. The van der Waals surface area contributed by atoms with Crippen molar-refractivity contribution < 1.29 is 13.9 Å². The molecular formula is C18H19ClFN3O2. The van der Waals surface area contributed by atoms with Gasteiger partial charge >= 0.3 is 0 Å². The SMILES string of the molecule is CCOc1cc2ncnc(Nc3ccccc3F)c2cc1OCC.Cl. The van der Waals surface area contributed by atoms with E-state index in [1.165, 1.54) is 12.4 Å². The number of hydrogen-bond acceptors (Lipinski definition) is 5. The Bertz CT molecular complexity index is 861. The second-order valence-corrected chi connectivity index (χ2v) is 5.01. The van der Waals surface area contributed by atoms with Crippen molar-refractivity contribution in [3.63, 3.8) is 0 Å². The van der Waals surface area contributed by atoms with E-state index in [2.05, 4.69) is 15.3 Å². The van der Waals surface area contributed by atoms with Gasteiger partial charge in [0.25, 0.3) is 0 Å². The lowest BCUT2D eigenvalue weighted by atomic mass is 10.2. The molecule has 0 aliphatic heterocycles. The van der Waals surface area contributed by atoms with Gasteiger partial charge in [-0.1, -0.05) is 12.1 Å². The van der Waals surface area contributed by atoms with Crippen molar-refractivity contribution in [1.82, 2.24) is 9.97 Å². The van der Waals surface area contributed by atoms with Crippen molar-refractivity contribution >= 4 is 34.8 Å². The van der Waals surface area contributed by atoms with Crippen LogP contribution in [0.5, 0.6) is 11.5 Å². The largest absolute Gasteiger partial charge is 0.490 e. The highest BCUT2D eigenvalue weighted by Gasteiger charge is 2.12. The Hall–Kier alpha value is -2.60. The molecule has 0 saturated heterocycles. The van der Waals surface area contributed by atoms with Gasteiger partial charge in [0.1, 0.15) is 18.0 Å². The lowest BCUT2D eigenvalue weighted by Gasteiger charge is -2.14. The molecule has 1 N–H and O–H groups in total. The summed E-state index contributed by atoms with van der Waals surface area (Å²) in [6, 6.07) is 10.1. The Labute approximate surface area is 151 Å². The third-order valence-electron chi connectivity index (χ3n) is 3.43. The molecule has 25 heavy (non-hydrogen) atoms. The van der Waals surface area contributed by atoms with Crippen LogP contribution in [0, 0.1) is 5.82 Å². The van der Waals surface area contributed by atoms with Gasteiger partial charge in [0.2, 0.25) is 0 Å². The van der Waals surface area contributed by atoms with E-state index in [1.807, 2.05) is 19.9 Å². The maximum absolute atomic E-state index is 13.9. The second kappa shape index (κ2) is 8.48. The first-order valence-corrected chi connectivity index (χ1v) is 7.78. The van der Waals surface area contributed by atoms with Crippen LogP contribution in [0.4, 0.5) is 15.9 Å². The average molecular weight is 364 g/mol. The molecule has 0 bridgehead atoms. The first-order valence-electron chi connectivity index (χ1n) is 7.78. The van der Waals surface area contributed by atoms with E-state index in [-0.39, 0.29) is 18.2 Å². The Balaban J connectivity index is 0.00000225. The zero-order valence-electron chi connectivity index (χ0n) is 14.0. The molecule has 1 aromatic heterocycles. The minimum atomic E-state index is -0.347. The van der Waals surface area contributed by atoms with Crippen LogP contribution < -0.4 is 14.8 Å². The molecule has 132 valence electrons. The zero-order valence-corrected chi connectivity index (χ0v) is 14.8. The molecule has 3 aromatic rings. The molecule has 0 radical (unpaired) electrons. The van der Waals surface area contributed by atoms with Crippen molar-refractivity contribution in [3.05, 3.63) is 48.5 Å². The summed E-state index contributed by atoms with van der Waals surface area (Å²) in [7, 11) is 0. The Morgan fingerprint density at radius 1 is 1.00 bits per heavy atom. The molecule has 3 rings (SSSR count). The molecule has 0 atom stereocenters. The maximum Gasteiger partial charge on any atom is 0.163 e. The summed E-state index contributed by atoms with van der Waals surface area (Å²) in [5, 5.41) is 3.74. The molecule has 0 saturated carbocycles. The van der Waals surface area contributed by atoms with Crippen LogP contribution in [-0.2, 0) is 0 Å². The van der Waals surface area contributed by atoms with Gasteiger partial charge in [-0.25, -0.2) is 14.4 Å². The molecule has 0 unspecified atom stereocenters. The van der Waals surface area contributed by atoms with E-state index in [0.717, 1.165) is 5.39 Å². The normalized spacial score (nSPS) is 10.2. The van der Waals surface area contributed by atoms with Gasteiger partial charge in [-0.3, -0.25) is 0 Å². The maximum atomic E-state index is 13.9. The van der Waals surface area contributed by atoms with Gasteiger partial charge in [-0.05, 0) is 32.0 Å². The number of halogens is 2. The second-order valence-electron chi connectivity index (χ2n) is 5.01. The number of anilines is 2. The Kier molecular flexibility index (Phi) is 6.36. The summed E-state index contributed by atoms with van der Waals surface area (Å²) in [5.74, 6) is 1.40. The van der Waals surface area contributed by atoms with Gasteiger partial charge in [0.05, 0.1) is 24.4 Å². The van der Waals surface area contributed by atoms with Gasteiger partial charge in [-0.2, -0.15) is 0 Å². The molecule has 0 amide bonds. The molecule has 5 nitrogen and oxygen atoms in total. The lowest BCUT2D eigenvalue weighted by Crippen LogP contribution is -2.01. The number of nitrogens with one attached hydrogen (secondary N) is 1. The van der Waals surface area contributed by atoms with E-state index < -0.39 is 0 Å². The van der Waals surface area contributed by atoms with Crippen LogP contribution in [0.1, 0.15) is 13.8 Å². The standard InChI is InChI=1S/C18H18FN3O2.ClH/c1-3-23-16-9-12-15(10-17(16)24-4-2)20-11-21-18(12)22-14-8-6-5-7-13(14)19;/h5-11H,3-4H2,1-2H3,(H,20,21,22);1H. The molecule has 7 heteroatoms. The summed E-state index contributed by atoms with van der Waals surface area (Å²) in [6.07, 6.45) is 1.43. The minimum absolute atomic E-state index is 0. The molecule has 0 aliphatic carbocycles. The highest BCUT2D eigenvalue weighted by atomic mass is 35.5. The van der Waals surface area contributed by atoms with E-state index in [0.29, 0.717) is 41.7 Å². The smallest absolute Gasteiger partial charge is 0.163 e. The predicted molar refractivity (Wildman–Crippen MR) is 98.8 cm³/mol. The van der Waals surface area contributed by atoms with Crippen LogP contribution in [0.15, 0.2) is 42.7 Å². The first kappa shape index (κ1) is 18.7. The highest BCUT2D eigenvalue weighted by molar-refractivity contribution is 5.93. The molecule has 2 aromatic carbocycles. The van der Waals surface area contributed by atoms with Crippen molar-refractivity contribution in [1.29, 1.82) is 0 Å². The number of para-hydroxylation sites is 1. The van der Waals surface area contributed by atoms with Crippen LogP contribution >= 0.6 is 12.4 Å². The number of hydrogen-bond donors (Lipinski definition) is 1. The predicted octanol–water partition coefficient (Wildman–Crippen LogP) is 4.73. The van der Waals surface area contributed by atoms with E-state index in [4.69, 9.17) is 9.47 Å². The number of benzene rings is 2. The summed E-state index contributed by atoms with van der Waals surface area (Å²) in [4.78, 5) is 8.50. The van der Waals surface area contributed by atoms with Gasteiger partial charge in [-0.15, -0.1) is 12.4 Å². The number of rotatable bonds is 6. The topological polar surface area (TPSA) is 56.3 Å². The molecule has 1 heterocycles. The fraction of sp³-hybridized carbons (Fsp3) is 0.222. The third-order valence-corrected chi connectivity index (χ3v) is 3.43. The van der Waals surface area contributed by atoms with E-state index >= 15 is 0 Å². The number of nitrogens with zero attached hydrogens (tertiary/aromatic N) is 2. The Morgan fingerprint density at radius 2 is 1.68 bits per heavy atom. The first-order chi connectivity index (χ1) is 11.7. The Morgan fingerprint density at radius 3 is 2.36 bits per heavy atom.